The number of anilines is 1. The molecular formula is C28H27ClF3NO2. The number of allylic oxidation sites excluding steroid dienone is 1. The fraction of sp³-hybridized carbons (Fsp3) is 0.286. The zero-order valence-electron chi connectivity index (χ0n) is 20.2. The van der Waals surface area contributed by atoms with Gasteiger partial charge in [0, 0.05) is 27.4 Å². The average molecular weight is 502 g/mol. The molecule has 0 radical (unpaired) electrons. The van der Waals surface area contributed by atoms with Gasteiger partial charge in [-0.1, -0.05) is 29.8 Å². The van der Waals surface area contributed by atoms with Gasteiger partial charge in [-0.15, -0.1) is 0 Å². The molecule has 0 fully saturated rings. The summed E-state index contributed by atoms with van der Waals surface area (Å²) in [6.45, 7) is 8.18. The van der Waals surface area contributed by atoms with Gasteiger partial charge < -0.3 is 14.8 Å². The van der Waals surface area contributed by atoms with E-state index in [0.717, 1.165) is 40.1 Å². The van der Waals surface area contributed by atoms with Crippen molar-refractivity contribution >= 4 is 22.9 Å². The van der Waals surface area contributed by atoms with Crippen molar-refractivity contribution in [1.82, 2.24) is 0 Å². The highest BCUT2D eigenvalue weighted by Crippen LogP contribution is 2.44. The molecule has 1 aliphatic heterocycles. The fourth-order valence-corrected chi connectivity index (χ4v) is 4.74. The molecule has 1 aliphatic rings. The molecule has 35 heavy (non-hydrogen) atoms. The second-order valence-corrected chi connectivity index (χ2v) is 9.74. The third-order valence-electron chi connectivity index (χ3n) is 6.08. The third-order valence-corrected chi connectivity index (χ3v) is 6.32. The Morgan fingerprint density at radius 3 is 2.37 bits per heavy atom. The minimum atomic E-state index is -4.48. The van der Waals surface area contributed by atoms with Crippen molar-refractivity contribution in [3.63, 3.8) is 0 Å². The lowest BCUT2D eigenvalue weighted by Crippen LogP contribution is -2.32. The number of methoxy groups -OCH3 is 1. The van der Waals surface area contributed by atoms with Crippen LogP contribution in [0, 0.1) is 6.92 Å². The Kier molecular flexibility index (Phi) is 6.54. The van der Waals surface area contributed by atoms with Gasteiger partial charge >= 0.3 is 6.18 Å². The number of fused-ring (bicyclic) bond motifs is 1. The topological polar surface area (TPSA) is 30.5 Å². The Labute approximate surface area is 208 Å². The monoisotopic (exact) mass is 501 g/mol. The van der Waals surface area contributed by atoms with Crippen LogP contribution in [0.5, 0.6) is 11.5 Å². The highest BCUT2D eigenvalue weighted by Gasteiger charge is 2.32. The van der Waals surface area contributed by atoms with Crippen LogP contribution >= 0.6 is 11.6 Å². The largest absolute Gasteiger partial charge is 0.496 e. The zero-order valence-corrected chi connectivity index (χ0v) is 21.0. The molecule has 0 bridgehead atoms. The second-order valence-electron chi connectivity index (χ2n) is 9.30. The maximum Gasteiger partial charge on any atom is 0.416 e. The summed E-state index contributed by atoms with van der Waals surface area (Å²) in [6.07, 6.45) is -2.37. The number of alkyl halides is 3. The van der Waals surface area contributed by atoms with Crippen molar-refractivity contribution in [2.45, 2.75) is 46.0 Å². The second kappa shape index (κ2) is 9.15. The summed E-state index contributed by atoms with van der Waals surface area (Å²) in [6, 6.07) is 12.6. The summed E-state index contributed by atoms with van der Waals surface area (Å²) in [5.74, 6) is 0.964. The quantitative estimate of drug-likeness (QED) is 0.380. The van der Waals surface area contributed by atoms with E-state index in [1.54, 1.807) is 12.1 Å². The Morgan fingerprint density at radius 1 is 0.943 bits per heavy atom. The molecule has 1 N–H and O–H groups in total. The SMILES string of the molecule is COc1ccc(C(F)(F)F)cc1-c1ccc2c(c1COc1cc(Cl)ccc1C)C(C)=CC(C)(C)N2. The molecular weight excluding hydrogens is 475 g/mol. The van der Waals surface area contributed by atoms with E-state index in [-0.39, 0.29) is 12.1 Å². The molecule has 0 spiro atoms. The predicted molar refractivity (Wildman–Crippen MR) is 135 cm³/mol. The highest BCUT2D eigenvalue weighted by atomic mass is 35.5. The van der Waals surface area contributed by atoms with E-state index in [2.05, 4.69) is 25.2 Å². The van der Waals surface area contributed by atoms with Crippen LogP contribution in [0.4, 0.5) is 18.9 Å². The van der Waals surface area contributed by atoms with Gasteiger partial charge in [-0.25, -0.2) is 0 Å². The van der Waals surface area contributed by atoms with Crippen LogP contribution in [-0.2, 0) is 12.8 Å². The van der Waals surface area contributed by atoms with Gasteiger partial charge in [0.1, 0.15) is 18.1 Å². The summed E-state index contributed by atoms with van der Waals surface area (Å²) >= 11 is 6.17. The molecule has 0 aliphatic carbocycles. The first-order valence-electron chi connectivity index (χ1n) is 11.2. The van der Waals surface area contributed by atoms with Crippen molar-refractivity contribution in [2.75, 3.05) is 12.4 Å². The van der Waals surface area contributed by atoms with Crippen LogP contribution in [0.2, 0.25) is 5.02 Å². The van der Waals surface area contributed by atoms with Crippen molar-refractivity contribution < 1.29 is 22.6 Å². The normalized spacial score (nSPS) is 14.6. The first kappa shape index (κ1) is 25.0. The van der Waals surface area contributed by atoms with E-state index in [1.165, 1.54) is 13.2 Å². The van der Waals surface area contributed by atoms with Crippen LogP contribution < -0.4 is 14.8 Å². The number of halogens is 4. The molecule has 0 aromatic heterocycles. The number of benzene rings is 3. The molecule has 3 aromatic carbocycles. The molecule has 7 heteroatoms. The summed E-state index contributed by atoms with van der Waals surface area (Å²) in [7, 11) is 1.45. The number of ether oxygens (including phenoxy) is 2. The number of nitrogens with one attached hydrogen (secondary N) is 1. The first-order chi connectivity index (χ1) is 16.4. The summed E-state index contributed by atoms with van der Waals surface area (Å²) < 4.78 is 52.5. The van der Waals surface area contributed by atoms with Crippen molar-refractivity contribution in [2.24, 2.45) is 0 Å². The third kappa shape index (κ3) is 5.13. The lowest BCUT2D eigenvalue weighted by atomic mass is 9.85. The molecule has 184 valence electrons. The molecule has 0 unspecified atom stereocenters. The van der Waals surface area contributed by atoms with E-state index in [0.29, 0.717) is 27.6 Å². The maximum atomic E-state index is 13.6. The Bertz CT molecular complexity index is 1310. The van der Waals surface area contributed by atoms with Crippen molar-refractivity contribution in [3.8, 4) is 22.6 Å². The summed E-state index contributed by atoms with van der Waals surface area (Å²) in [4.78, 5) is 0. The van der Waals surface area contributed by atoms with Gasteiger partial charge in [-0.3, -0.25) is 0 Å². The molecule has 3 nitrogen and oxygen atoms in total. The van der Waals surface area contributed by atoms with Crippen LogP contribution in [0.3, 0.4) is 0 Å². The summed E-state index contributed by atoms with van der Waals surface area (Å²) in [5, 5.41) is 4.05. The van der Waals surface area contributed by atoms with Crippen LogP contribution in [0.15, 0.2) is 54.6 Å². The van der Waals surface area contributed by atoms with E-state index in [4.69, 9.17) is 21.1 Å². The van der Waals surface area contributed by atoms with Crippen molar-refractivity contribution in [3.05, 3.63) is 81.9 Å². The molecule has 0 saturated heterocycles. The highest BCUT2D eigenvalue weighted by molar-refractivity contribution is 6.30. The number of aryl methyl sites for hydroxylation is 1. The number of hydrogen-bond donors (Lipinski definition) is 1. The van der Waals surface area contributed by atoms with Crippen LogP contribution in [-0.4, -0.2) is 12.6 Å². The maximum absolute atomic E-state index is 13.6. The average Bonchev–Trinajstić information content (AvgIpc) is 2.77. The van der Waals surface area contributed by atoms with Gasteiger partial charge in [0.25, 0.3) is 0 Å². The number of hydrogen-bond acceptors (Lipinski definition) is 3. The van der Waals surface area contributed by atoms with Crippen LogP contribution in [0.25, 0.3) is 16.7 Å². The Balaban J connectivity index is 1.92. The Morgan fingerprint density at radius 2 is 1.69 bits per heavy atom. The van der Waals surface area contributed by atoms with Gasteiger partial charge in [0.15, 0.2) is 0 Å². The van der Waals surface area contributed by atoms with E-state index in [9.17, 15) is 13.2 Å². The van der Waals surface area contributed by atoms with Crippen molar-refractivity contribution in [1.29, 1.82) is 0 Å². The number of rotatable bonds is 5. The van der Waals surface area contributed by atoms with Crippen LogP contribution in [0.1, 0.15) is 43.0 Å². The first-order valence-corrected chi connectivity index (χ1v) is 11.6. The van der Waals surface area contributed by atoms with Gasteiger partial charge in [-0.05, 0) is 80.8 Å². The van der Waals surface area contributed by atoms with E-state index < -0.39 is 11.7 Å². The Hall–Kier alpha value is -3.12. The zero-order chi connectivity index (χ0) is 25.5. The van der Waals surface area contributed by atoms with E-state index >= 15 is 0 Å². The molecule has 1 heterocycles. The molecule has 0 amide bonds. The standard InChI is InChI=1S/C28H27ClF3NO2/c1-16-6-8-19(29)13-25(16)35-15-22-20(9-10-23-26(22)17(2)14-27(3,4)33-23)21-12-18(28(30,31)32)7-11-24(21)34-5/h6-14,33H,15H2,1-5H3. The van der Waals surface area contributed by atoms with Gasteiger partial charge in [0.05, 0.1) is 18.2 Å². The molecule has 0 atom stereocenters. The predicted octanol–water partition coefficient (Wildman–Crippen LogP) is 8.53. The molecule has 0 saturated carbocycles. The molecule has 4 rings (SSSR count). The van der Waals surface area contributed by atoms with Gasteiger partial charge in [-0.2, -0.15) is 13.2 Å². The fourth-order valence-electron chi connectivity index (χ4n) is 4.58. The minimum absolute atomic E-state index is 0.131. The summed E-state index contributed by atoms with van der Waals surface area (Å²) in [5.41, 5.74) is 4.43. The van der Waals surface area contributed by atoms with E-state index in [1.807, 2.05) is 32.0 Å². The lowest BCUT2D eigenvalue weighted by Gasteiger charge is -2.33. The molecule has 3 aromatic rings. The van der Waals surface area contributed by atoms with Gasteiger partial charge in [0.2, 0.25) is 0 Å². The smallest absolute Gasteiger partial charge is 0.416 e. The minimum Gasteiger partial charge on any atom is -0.496 e. The lowest BCUT2D eigenvalue weighted by molar-refractivity contribution is -0.137.